The zero-order valence-electron chi connectivity index (χ0n) is 12.9. The molecule has 1 aromatic heterocycles. The van der Waals surface area contributed by atoms with Gasteiger partial charge >= 0.3 is 0 Å². The van der Waals surface area contributed by atoms with E-state index in [-0.39, 0.29) is 0 Å². The largest absolute Gasteiger partial charge is 0.373 e. The molecule has 1 heterocycles. The normalized spacial score (nSPS) is 26.4. The summed E-state index contributed by atoms with van der Waals surface area (Å²) in [4.78, 5) is 11.8. The van der Waals surface area contributed by atoms with Crippen molar-refractivity contribution in [1.29, 1.82) is 0 Å². The Morgan fingerprint density at radius 2 is 1.80 bits per heavy atom. The molecule has 0 radical (unpaired) electrons. The van der Waals surface area contributed by atoms with E-state index in [1.807, 2.05) is 7.05 Å². The molecule has 0 spiro atoms. The molecule has 0 aromatic carbocycles. The maximum absolute atomic E-state index is 4.81. The van der Waals surface area contributed by atoms with Crippen molar-refractivity contribution in [2.75, 3.05) is 24.3 Å². The first kappa shape index (κ1) is 13.7. The summed E-state index contributed by atoms with van der Waals surface area (Å²) >= 11 is 0. The minimum atomic E-state index is 0.599. The molecular formula is C16H26N4. The third-order valence-electron chi connectivity index (χ3n) is 4.82. The van der Waals surface area contributed by atoms with E-state index in [0.717, 1.165) is 23.4 Å². The van der Waals surface area contributed by atoms with Gasteiger partial charge in [-0.3, -0.25) is 0 Å². The van der Waals surface area contributed by atoms with Gasteiger partial charge in [0.25, 0.3) is 0 Å². The fraction of sp³-hybridized carbons (Fsp3) is 0.750. The van der Waals surface area contributed by atoms with Crippen LogP contribution in [0.4, 0.5) is 11.6 Å². The second kappa shape index (κ2) is 5.58. The maximum atomic E-state index is 4.81. The van der Waals surface area contributed by atoms with E-state index >= 15 is 0 Å². The molecule has 4 heteroatoms. The molecule has 3 rings (SSSR count). The summed E-state index contributed by atoms with van der Waals surface area (Å²) < 4.78 is 0. The molecule has 0 atom stereocenters. The van der Waals surface area contributed by atoms with Gasteiger partial charge in [0.1, 0.15) is 17.5 Å². The summed E-state index contributed by atoms with van der Waals surface area (Å²) in [5.41, 5.74) is 0. The molecule has 1 aromatic rings. The highest BCUT2D eigenvalue weighted by atomic mass is 15.2. The van der Waals surface area contributed by atoms with Gasteiger partial charge < -0.3 is 10.2 Å². The van der Waals surface area contributed by atoms with Crippen LogP contribution in [-0.2, 0) is 0 Å². The fourth-order valence-corrected chi connectivity index (χ4v) is 3.10. The molecular weight excluding hydrogens is 248 g/mol. The van der Waals surface area contributed by atoms with E-state index in [4.69, 9.17) is 4.98 Å². The van der Waals surface area contributed by atoms with Crippen molar-refractivity contribution in [3.63, 3.8) is 0 Å². The Bertz CT molecular complexity index is 462. The van der Waals surface area contributed by atoms with Gasteiger partial charge in [-0.1, -0.05) is 6.92 Å². The van der Waals surface area contributed by atoms with Crippen LogP contribution in [0.25, 0.3) is 0 Å². The Balaban J connectivity index is 1.79. The molecule has 0 unspecified atom stereocenters. The second-order valence-electron chi connectivity index (χ2n) is 6.52. The van der Waals surface area contributed by atoms with Crippen LogP contribution in [0.5, 0.6) is 0 Å². The summed E-state index contributed by atoms with van der Waals surface area (Å²) in [5.74, 6) is 4.56. The lowest BCUT2D eigenvalue weighted by atomic mass is 9.87. The van der Waals surface area contributed by atoms with Crippen LogP contribution >= 0.6 is 0 Å². The molecule has 0 saturated heterocycles. The lowest BCUT2D eigenvalue weighted by Crippen LogP contribution is -2.35. The average molecular weight is 274 g/mol. The summed E-state index contributed by atoms with van der Waals surface area (Å²) in [7, 11) is 4.13. The molecule has 0 aliphatic heterocycles. The van der Waals surface area contributed by atoms with Crippen LogP contribution < -0.4 is 10.2 Å². The van der Waals surface area contributed by atoms with Gasteiger partial charge in [-0.25, -0.2) is 9.97 Å². The first-order chi connectivity index (χ1) is 9.67. The monoisotopic (exact) mass is 274 g/mol. The third kappa shape index (κ3) is 2.89. The smallest absolute Gasteiger partial charge is 0.136 e. The number of anilines is 2. The zero-order valence-corrected chi connectivity index (χ0v) is 12.9. The van der Waals surface area contributed by atoms with Crippen LogP contribution in [0.3, 0.4) is 0 Å². The van der Waals surface area contributed by atoms with Crippen molar-refractivity contribution in [2.24, 2.45) is 5.92 Å². The number of nitrogens with one attached hydrogen (secondary N) is 1. The first-order valence-corrected chi connectivity index (χ1v) is 7.97. The van der Waals surface area contributed by atoms with Crippen molar-refractivity contribution in [1.82, 2.24) is 9.97 Å². The van der Waals surface area contributed by atoms with Crippen LogP contribution in [0.15, 0.2) is 6.07 Å². The average Bonchev–Trinajstić information content (AvgIpc) is 3.31. The Morgan fingerprint density at radius 3 is 2.40 bits per heavy atom. The molecule has 2 aliphatic rings. The number of aromatic nitrogens is 2. The van der Waals surface area contributed by atoms with E-state index < -0.39 is 0 Å². The topological polar surface area (TPSA) is 41.0 Å². The van der Waals surface area contributed by atoms with Gasteiger partial charge in [-0.05, 0) is 44.4 Å². The molecule has 0 amide bonds. The molecule has 20 heavy (non-hydrogen) atoms. The van der Waals surface area contributed by atoms with E-state index in [0.29, 0.717) is 12.0 Å². The van der Waals surface area contributed by atoms with Gasteiger partial charge in [-0.15, -0.1) is 0 Å². The van der Waals surface area contributed by atoms with Crippen molar-refractivity contribution in [2.45, 2.75) is 57.4 Å². The molecule has 2 aliphatic carbocycles. The minimum Gasteiger partial charge on any atom is -0.373 e. The van der Waals surface area contributed by atoms with Crippen molar-refractivity contribution in [3.8, 4) is 0 Å². The predicted molar refractivity (Wildman–Crippen MR) is 83.4 cm³/mol. The Kier molecular flexibility index (Phi) is 3.81. The van der Waals surface area contributed by atoms with Crippen LogP contribution in [0, 0.1) is 5.92 Å². The summed E-state index contributed by atoms with van der Waals surface area (Å²) in [5, 5.41) is 3.18. The van der Waals surface area contributed by atoms with Crippen LogP contribution in [0.2, 0.25) is 0 Å². The zero-order chi connectivity index (χ0) is 14.1. The number of hydrogen-bond acceptors (Lipinski definition) is 4. The SMILES string of the molecule is CNc1cc(N(C)C2CCC(C)CC2)nc(C2CC2)n1. The Hall–Kier alpha value is -1.32. The quantitative estimate of drug-likeness (QED) is 0.913. The number of rotatable bonds is 4. The lowest BCUT2D eigenvalue weighted by molar-refractivity contribution is 0.340. The molecule has 2 saturated carbocycles. The fourth-order valence-electron chi connectivity index (χ4n) is 3.10. The van der Waals surface area contributed by atoms with Gasteiger partial charge in [0, 0.05) is 32.1 Å². The standard InChI is InChI=1S/C16H26N4/c1-11-4-8-13(9-5-11)20(3)15-10-14(17-2)18-16(19-15)12-6-7-12/h10-13H,4-9H2,1-3H3,(H,17,18,19). The second-order valence-corrected chi connectivity index (χ2v) is 6.52. The highest BCUT2D eigenvalue weighted by Crippen LogP contribution is 2.39. The molecule has 2 fully saturated rings. The highest BCUT2D eigenvalue weighted by Gasteiger charge is 2.29. The van der Waals surface area contributed by atoms with E-state index in [2.05, 4.69) is 35.2 Å². The minimum absolute atomic E-state index is 0.599. The highest BCUT2D eigenvalue weighted by molar-refractivity contribution is 5.50. The lowest BCUT2D eigenvalue weighted by Gasteiger charge is -2.34. The summed E-state index contributed by atoms with van der Waals surface area (Å²) in [6.45, 7) is 2.37. The van der Waals surface area contributed by atoms with Crippen LogP contribution in [-0.4, -0.2) is 30.1 Å². The van der Waals surface area contributed by atoms with E-state index in [9.17, 15) is 0 Å². The van der Waals surface area contributed by atoms with Crippen molar-refractivity contribution >= 4 is 11.6 Å². The Morgan fingerprint density at radius 1 is 1.10 bits per heavy atom. The van der Waals surface area contributed by atoms with Crippen LogP contribution in [0.1, 0.15) is 57.2 Å². The van der Waals surface area contributed by atoms with E-state index in [1.54, 1.807) is 0 Å². The Labute approximate surface area is 122 Å². The van der Waals surface area contributed by atoms with Crippen molar-refractivity contribution in [3.05, 3.63) is 11.9 Å². The summed E-state index contributed by atoms with van der Waals surface area (Å²) in [6, 6.07) is 2.72. The maximum Gasteiger partial charge on any atom is 0.136 e. The van der Waals surface area contributed by atoms with Gasteiger partial charge in [-0.2, -0.15) is 0 Å². The molecule has 0 bridgehead atoms. The molecule has 110 valence electrons. The number of nitrogens with zero attached hydrogens (tertiary/aromatic N) is 3. The van der Waals surface area contributed by atoms with Gasteiger partial charge in [0.15, 0.2) is 0 Å². The van der Waals surface area contributed by atoms with Gasteiger partial charge in [0.05, 0.1) is 0 Å². The predicted octanol–water partition coefficient (Wildman–Crippen LogP) is 3.41. The van der Waals surface area contributed by atoms with Gasteiger partial charge in [0.2, 0.25) is 0 Å². The summed E-state index contributed by atoms with van der Waals surface area (Å²) in [6.07, 6.45) is 7.75. The molecule has 4 nitrogen and oxygen atoms in total. The molecule has 1 N–H and O–H groups in total. The third-order valence-corrected chi connectivity index (χ3v) is 4.82. The van der Waals surface area contributed by atoms with Crippen molar-refractivity contribution < 1.29 is 0 Å². The first-order valence-electron chi connectivity index (χ1n) is 7.97. The van der Waals surface area contributed by atoms with E-state index in [1.165, 1.54) is 38.5 Å². The number of hydrogen-bond donors (Lipinski definition) is 1.